The molecule has 0 N–H and O–H groups in total. The summed E-state index contributed by atoms with van der Waals surface area (Å²) in [5.74, 6) is 0. The molecule has 2 nitrogen and oxygen atoms in total. The summed E-state index contributed by atoms with van der Waals surface area (Å²) in [6, 6.07) is 4.02. The summed E-state index contributed by atoms with van der Waals surface area (Å²) in [6.07, 6.45) is 1.82. The molecule has 76 valence electrons. The van der Waals surface area contributed by atoms with Crippen molar-refractivity contribution in [2.24, 2.45) is 10.4 Å². The summed E-state index contributed by atoms with van der Waals surface area (Å²) >= 11 is 0. The SMILES string of the molecule is CN=C(c1ncccc1C)C(C)(C)C. The maximum absolute atomic E-state index is 4.39. The maximum atomic E-state index is 4.39. The molecule has 0 bridgehead atoms. The van der Waals surface area contributed by atoms with Crippen LogP contribution in [0.3, 0.4) is 0 Å². The lowest BCUT2D eigenvalue weighted by Gasteiger charge is -2.21. The number of hydrogen-bond donors (Lipinski definition) is 0. The molecule has 1 aromatic heterocycles. The van der Waals surface area contributed by atoms with Crippen LogP contribution in [0.5, 0.6) is 0 Å². The number of hydrogen-bond acceptors (Lipinski definition) is 2. The van der Waals surface area contributed by atoms with Crippen LogP contribution in [0.2, 0.25) is 0 Å². The van der Waals surface area contributed by atoms with Gasteiger partial charge in [0.2, 0.25) is 0 Å². The molecule has 0 saturated carbocycles. The standard InChI is InChI=1S/C12H18N2/c1-9-7-6-8-14-10(9)11(13-5)12(2,3)4/h6-8H,1-5H3. The predicted octanol–water partition coefficient (Wildman–Crippen LogP) is 2.86. The molecule has 0 unspecified atom stereocenters. The molecule has 0 radical (unpaired) electrons. The van der Waals surface area contributed by atoms with E-state index in [2.05, 4.69) is 43.7 Å². The van der Waals surface area contributed by atoms with Crippen LogP contribution in [0.4, 0.5) is 0 Å². The van der Waals surface area contributed by atoms with Crippen LogP contribution < -0.4 is 0 Å². The summed E-state index contributed by atoms with van der Waals surface area (Å²) in [7, 11) is 1.83. The molecule has 1 heterocycles. The van der Waals surface area contributed by atoms with Gasteiger partial charge in [-0.2, -0.15) is 0 Å². The molecule has 0 saturated heterocycles. The zero-order valence-electron chi connectivity index (χ0n) is 9.63. The third kappa shape index (κ3) is 2.19. The van der Waals surface area contributed by atoms with Gasteiger partial charge in [0.05, 0.1) is 11.4 Å². The maximum Gasteiger partial charge on any atom is 0.0874 e. The molecule has 1 aromatic rings. The molecule has 0 atom stereocenters. The van der Waals surface area contributed by atoms with E-state index in [9.17, 15) is 0 Å². The summed E-state index contributed by atoms with van der Waals surface area (Å²) < 4.78 is 0. The number of pyridine rings is 1. The van der Waals surface area contributed by atoms with Gasteiger partial charge in [0.1, 0.15) is 0 Å². The first kappa shape index (κ1) is 10.9. The number of rotatable bonds is 1. The minimum atomic E-state index is 0.0495. The Morgan fingerprint density at radius 3 is 2.43 bits per heavy atom. The monoisotopic (exact) mass is 190 g/mol. The van der Waals surface area contributed by atoms with Crippen LogP contribution in [0.15, 0.2) is 23.3 Å². The molecule has 0 amide bonds. The number of aromatic nitrogens is 1. The van der Waals surface area contributed by atoms with Crippen molar-refractivity contribution in [3.8, 4) is 0 Å². The van der Waals surface area contributed by atoms with Crippen molar-refractivity contribution >= 4 is 5.71 Å². The average Bonchev–Trinajstić information content (AvgIpc) is 2.07. The van der Waals surface area contributed by atoms with E-state index < -0.39 is 0 Å². The molecule has 1 rings (SSSR count). The van der Waals surface area contributed by atoms with Crippen molar-refractivity contribution < 1.29 is 0 Å². The number of aryl methyl sites for hydroxylation is 1. The Balaban J connectivity index is 3.23. The first-order valence-corrected chi connectivity index (χ1v) is 4.86. The van der Waals surface area contributed by atoms with Gasteiger partial charge in [-0.05, 0) is 18.6 Å². The Bertz CT molecular complexity index is 346. The van der Waals surface area contributed by atoms with Crippen LogP contribution in [-0.2, 0) is 0 Å². The van der Waals surface area contributed by atoms with Crippen LogP contribution in [-0.4, -0.2) is 17.7 Å². The highest BCUT2D eigenvalue weighted by atomic mass is 14.8. The second-order valence-corrected chi connectivity index (χ2v) is 4.49. The highest BCUT2D eigenvalue weighted by molar-refractivity contribution is 6.03. The van der Waals surface area contributed by atoms with Crippen molar-refractivity contribution in [2.75, 3.05) is 7.05 Å². The highest BCUT2D eigenvalue weighted by Gasteiger charge is 2.22. The first-order valence-electron chi connectivity index (χ1n) is 4.86. The smallest absolute Gasteiger partial charge is 0.0874 e. The second-order valence-electron chi connectivity index (χ2n) is 4.49. The van der Waals surface area contributed by atoms with Gasteiger partial charge in [0.15, 0.2) is 0 Å². The Labute approximate surface area is 86.1 Å². The summed E-state index contributed by atoms with van der Waals surface area (Å²) in [4.78, 5) is 8.73. The third-order valence-electron chi connectivity index (χ3n) is 2.17. The van der Waals surface area contributed by atoms with Crippen LogP contribution in [0.1, 0.15) is 32.0 Å². The topological polar surface area (TPSA) is 25.2 Å². The quantitative estimate of drug-likeness (QED) is 0.625. The van der Waals surface area contributed by atoms with Crippen LogP contribution in [0, 0.1) is 12.3 Å². The van der Waals surface area contributed by atoms with Crippen molar-refractivity contribution in [2.45, 2.75) is 27.7 Å². The zero-order chi connectivity index (χ0) is 10.8. The van der Waals surface area contributed by atoms with Gasteiger partial charge in [-0.25, -0.2) is 0 Å². The summed E-state index contributed by atoms with van der Waals surface area (Å²) in [6.45, 7) is 8.54. The fraction of sp³-hybridized carbons (Fsp3) is 0.500. The van der Waals surface area contributed by atoms with E-state index in [1.54, 1.807) is 0 Å². The van der Waals surface area contributed by atoms with Gasteiger partial charge in [0.25, 0.3) is 0 Å². The van der Waals surface area contributed by atoms with Gasteiger partial charge in [-0.15, -0.1) is 0 Å². The van der Waals surface area contributed by atoms with Crippen molar-refractivity contribution in [3.05, 3.63) is 29.6 Å². The minimum Gasteiger partial charge on any atom is -0.290 e. The molecule has 0 aliphatic rings. The Kier molecular flexibility index (Phi) is 3.04. The number of nitrogens with zero attached hydrogens (tertiary/aromatic N) is 2. The van der Waals surface area contributed by atoms with Gasteiger partial charge in [-0.1, -0.05) is 26.8 Å². The molecule has 0 aliphatic carbocycles. The molecule has 0 aliphatic heterocycles. The van der Waals surface area contributed by atoms with Crippen molar-refractivity contribution in [1.82, 2.24) is 4.98 Å². The number of aliphatic imine (C=N–C) groups is 1. The Morgan fingerprint density at radius 1 is 1.36 bits per heavy atom. The van der Waals surface area contributed by atoms with Crippen molar-refractivity contribution in [1.29, 1.82) is 0 Å². The second kappa shape index (κ2) is 3.91. The highest BCUT2D eigenvalue weighted by Crippen LogP contribution is 2.22. The zero-order valence-corrected chi connectivity index (χ0v) is 9.63. The van der Waals surface area contributed by atoms with E-state index in [-0.39, 0.29) is 5.41 Å². The molecule has 0 fully saturated rings. The van der Waals surface area contributed by atoms with Crippen molar-refractivity contribution in [3.63, 3.8) is 0 Å². The Hall–Kier alpha value is -1.18. The minimum absolute atomic E-state index is 0.0495. The Morgan fingerprint density at radius 2 is 2.00 bits per heavy atom. The normalized spacial score (nSPS) is 13.1. The molecular weight excluding hydrogens is 172 g/mol. The van der Waals surface area contributed by atoms with E-state index in [1.165, 1.54) is 5.56 Å². The summed E-state index contributed by atoms with van der Waals surface area (Å²) in [5, 5.41) is 0. The lowest BCUT2D eigenvalue weighted by Crippen LogP contribution is -2.23. The van der Waals surface area contributed by atoms with Crippen LogP contribution >= 0.6 is 0 Å². The van der Waals surface area contributed by atoms with E-state index in [0.29, 0.717) is 0 Å². The predicted molar refractivity (Wildman–Crippen MR) is 60.9 cm³/mol. The van der Waals surface area contributed by atoms with Gasteiger partial charge >= 0.3 is 0 Å². The fourth-order valence-corrected chi connectivity index (χ4v) is 1.53. The molecular formula is C12H18N2. The summed E-state index contributed by atoms with van der Waals surface area (Å²) in [5.41, 5.74) is 3.31. The van der Waals surface area contributed by atoms with Gasteiger partial charge in [0, 0.05) is 18.7 Å². The molecule has 0 spiro atoms. The van der Waals surface area contributed by atoms with E-state index in [4.69, 9.17) is 0 Å². The van der Waals surface area contributed by atoms with E-state index in [1.807, 2.05) is 19.3 Å². The third-order valence-corrected chi connectivity index (χ3v) is 2.17. The van der Waals surface area contributed by atoms with Crippen LogP contribution in [0.25, 0.3) is 0 Å². The van der Waals surface area contributed by atoms with E-state index >= 15 is 0 Å². The van der Waals surface area contributed by atoms with Gasteiger partial charge in [-0.3, -0.25) is 9.98 Å². The lowest BCUT2D eigenvalue weighted by atomic mass is 9.86. The molecule has 2 heteroatoms. The first-order chi connectivity index (χ1) is 6.46. The van der Waals surface area contributed by atoms with E-state index in [0.717, 1.165) is 11.4 Å². The lowest BCUT2D eigenvalue weighted by molar-refractivity contribution is 0.589. The largest absolute Gasteiger partial charge is 0.290 e. The molecule has 14 heavy (non-hydrogen) atoms. The fourth-order valence-electron chi connectivity index (χ4n) is 1.53. The molecule has 0 aromatic carbocycles. The average molecular weight is 190 g/mol. The van der Waals surface area contributed by atoms with Gasteiger partial charge < -0.3 is 0 Å².